The van der Waals surface area contributed by atoms with Gasteiger partial charge in [0, 0.05) is 48.2 Å². The third kappa shape index (κ3) is 5.82. The van der Waals surface area contributed by atoms with Crippen molar-refractivity contribution in [2.24, 2.45) is 5.41 Å². The number of amides is 1. The second-order valence-corrected chi connectivity index (χ2v) is 9.45. The van der Waals surface area contributed by atoms with Crippen LogP contribution in [0.25, 0.3) is 11.1 Å². The second kappa shape index (κ2) is 9.70. The topological polar surface area (TPSA) is 62.3 Å². The van der Waals surface area contributed by atoms with E-state index in [1.165, 1.54) is 24.5 Å². The largest absolute Gasteiger partial charge is 0.384 e. The Labute approximate surface area is 205 Å². The van der Waals surface area contributed by atoms with E-state index in [-0.39, 0.29) is 18.7 Å². The summed E-state index contributed by atoms with van der Waals surface area (Å²) in [7, 11) is 0. The Morgan fingerprint density at radius 3 is 2.54 bits per heavy atom. The number of benzene rings is 2. The molecule has 0 spiro atoms. The molecule has 5 nitrogen and oxygen atoms in total. The lowest BCUT2D eigenvalue weighted by Gasteiger charge is -2.43. The molecule has 1 fully saturated rings. The molecular weight excluding hydrogens is 479 g/mol. The van der Waals surface area contributed by atoms with Gasteiger partial charge in [-0.15, -0.1) is 0 Å². The number of rotatable bonds is 6. The van der Waals surface area contributed by atoms with Crippen LogP contribution in [-0.4, -0.2) is 47.6 Å². The molecule has 1 saturated heterocycles. The van der Waals surface area contributed by atoms with Crippen molar-refractivity contribution in [1.82, 2.24) is 9.88 Å². The minimum Gasteiger partial charge on any atom is -0.384 e. The van der Waals surface area contributed by atoms with Gasteiger partial charge in [0.25, 0.3) is 11.8 Å². The van der Waals surface area contributed by atoms with E-state index in [9.17, 15) is 22.8 Å². The number of aryl methyl sites for hydroxylation is 1. The summed E-state index contributed by atoms with van der Waals surface area (Å²) in [6, 6.07) is 12.2. The predicted molar refractivity (Wildman–Crippen MR) is 128 cm³/mol. The highest BCUT2D eigenvalue weighted by molar-refractivity contribution is 6.30. The fourth-order valence-corrected chi connectivity index (χ4v) is 4.74. The maximum absolute atomic E-state index is 14.8. The highest BCUT2D eigenvalue weighted by Crippen LogP contribution is 2.39. The Bertz CT molecular complexity index is 1240. The van der Waals surface area contributed by atoms with Crippen LogP contribution in [0.3, 0.4) is 0 Å². The van der Waals surface area contributed by atoms with E-state index in [2.05, 4.69) is 10.3 Å². The molecule has 182 valence electrons. The Morgan fingerprint density at radius 2 is 1.86 bits per heavy atom. The van der Waals surface area contributed by atoms with Crippen molar-refractivity contribution in [2.45, 2.75) is 19.3 Å². The molecule has 4 rings (SSSR count). The highest BCUT2D eigenvalue weighted by atomic mass is 35.5. The SMILES string of the molecule is Cc1cc(Cl)cc(NCC2(C=O)CN(C(=O)c3cc(F)cc(-c4ccncc4)c3)CC(F)(F)C2)c1. The molecule has 0 radical (unpaired) electrons. The molecule has 1 atom stereocenters. The highest BCUT2D eigenvalue weighted by Gasteiger charge is 2.50. The quantitative estimate of drug-likeness (QED) is 0.445. The van der Waals surface area contributed by atoms with Crippen LogP contribution in [0.2, 0.25) is 5.02 Å². The van der Waals surface area contributed by atoms with Crippen LogP contribution in [0.4, 0.5) is 18.9 Å². The minimum absolute atomic E-state index is 0.0762. The van der Waals surface area contributed by atoms with Crippen molar-refractivity contribution < 1.29 is 22.8 Å². The number of hydrogen-bond acceptors (Lipinski definition) is 4. The van der Waals surface area contributed by atoms with Crippen molar-refractivity contribution in [3.8, 4) is 11.1 Å². The van der Waals surface area contributed by atoms with Gasteiger partial charge in [-0.1, -0.05) is 11.6 Å². The maximum atomic E-state index is 14.8. The summed E-state index contributed by atoms with van der Waals surface area (Å²) in [6.45, 7) is 0.610. The number of likely N-dealkylation sites (tertiary alicyclic amines) is 1. The van der Waals surface area contributed by atoms with Gasteiger partial charge >= 0.3 is 0 Å². The summed E-state index contributed by atoms with van der Waals surface area (Å²) in [5.41, 5.74) is 0.861. The molecule has 2 heterocycles. The van der Waals surface area contributed by atoms with E-state index < -0.39 is 36.0 Å². The first-order valence-electron chi connectivity index (χ1n) is 10.9. The van der Waals surface area contributed by atoms with Gasteiger partial charge in [-0.3, -0.25) is 9.78 Å². The number of hydrogen-bond donors (Lipinski definition) is 1. The zero-order valence-corrected chi connectivity index (χ0v) is 19.7. The van der Waals surface area contributed by atoms with Crippen molar-refractivity contribution in [3.05, 3.63) is 82.9 Å². The van der Waals surface area contributed by atoms with Crippen LogP contribution < -0.4 is 5.32 Å². The van der Waals surface area contributed by atoms with Gasteiger partial charge < -0.3 is 15.0 Å². The van der Waals surface area contributed by atoms with Gasteiger partial charge in [0.15, 0.2) is 0 Å². The molecule has 0 aliphatic carbocycles. The Morgan fingerprint density at radius 1 is 1.11 bits per heavy atom. The average molecular weight is 502 g/mol. The first-order valence-corrected chi connectivity index (χ1v) is 11.3. The zero-order chi connectivity index (χ0) is 25.2. The third-order valence-electron chi connectivity index (χ3n) is 5.92. The predicted octanol–water partition coefficient (Wildman–Crippen LogP) is 5.63. The summed E-state index contributed by atoms with van der Waals surface area (Å²) in [4.78, 5) is 30.2. The van der Waals surface area contributed by atoms with Crippen LogP contribution in [0.1, 0.15) is 22.3 Å². The van der Waals surface area contributed by atoms with E-state index in [1.807, 2.05) is 6.92 Å². The second-order valence-electron chi connectivity index (χ2n) is 9.01. The molecular formula is C26H23ClF3N3O2. The summed E-state index contributed by atoms with van der Waals surface area (Å²) in [5, 5.41) is 3.48. The summed E-state index contributed by atoms with van der Waals surface area (Å²) >= 11 is 6.07. The van der Waals surface area contributed by atoms with E-state index >= 15 is 0 Å². The van der Waals surface area contributed by atoms with Crippen molar-refractivity contribution in [1.29, 1.82) is 0 Å². The van der Waals surface area contributed by atoms with Crippen molar-refractivity contribution in [2.75, 3.05) is 25.0 Å². The van der Waals surface area contributed by atoms with Crippen molar-refractivity contribution >= 4 is 29.5 Å². The van der Waals surface area contributed by atoms with Gasteiger partial charge in [-0.2, -0.15) is 0 Å². The standard InChI is InChI=1S/C26H23ClF3N3O2/c1-17-6-21(27)11-23(7-17)32-13-25(16-34)12-26(29,30)15-33(14-25)24(35)20-8-19(9-22(28)10-20)18-2-4-31-5-3-18/h2-11,16,32H,12-15H2,1H3. The molecule has 9 heteroatoms. The van der Waals surface area contributed by atoms with Gasteiger partial charge in [-0.05, 0) is 72.1 Å². The Hall–Kier alpha value is -3.39. The number of aromatic nitrogens is 1. The average Bonchev–Trinajstić information content (AvgIpc) is 2.81. The third-order valence-corrected chi connectivity index (χ3v) is 6.14. The molecule has 1 aliphatic rings. The minimum atomic E-state index is -3.30. The lowest BCUT2D eigenvalue weighted by atomic mass is 9.79. The summed E-state index contributed by atoms with van der Waals surface area (Å²) in [5.74, 6) is -4.75. The molecule has 3 aromatic rings. The fourth-order valence-electron chi connectivity index (χ4n) is 4.45. The molecule has 0 bridgehead atoms. The smallest absolute Gasteiger partial charge is 0.266 e. The Kier molecular flexibility index (Phi) is 6.85. The van der Waals surface area contributed by atoms with Gasteiger partial charge in [0.05, 0.1) is 12.0 Å². The van der Waals surface area contributed by atoms with Gasteiger partial charge in [0.2, 0.25) is 0 Å². The van der Waals surface area contributed by atoms with Crippen molar-refractivity contribution in [3.63, 3.8) is 0 Å². The molecule has 1 unspecified atom stereocenters. The molecule has 1 aliphatic heterocycles. The van der Waals surface area contributed by atoms with E-state index in [4.69, 9.17) is 11.6 Å². The van der Waals surface area contributed by atoms with Crippen LogP contribution in [0.15, 0.2) is 60.9 Å². The molecule has 1 amide bonds. The monoisotopic (exact) mass is 501 g/mol. The number of aldehydes is 1. The molecule has 1 N–H and O–H groups in total. The Balaban J connectivity index is 1.60. The van der Waals surface area contributed by atoms with Crippen LogP contribution in [0, 0.1) is 18.2 Å². The van der Waals surface area contributed by atoms with Crippen LogP contribution >= 0.6 is 11.6 Å². The van der Waals surface area contributed by atoms with Crippen LogP contribution in [0.5, 0.6) is 0 Å². The number of alkyl halides is 2. The first kappa shape index (κ1) is 24.7. The van der Waals surface area contributed by atoms with Gasteiger partial charge in [-0.25, -0.2) is 13.2 Å². The van der Waals surface area contributed by atoms with Crippen LogP contribution in [-0.2, 0) is 4.79 Å². The van der Waals surface area contributed by atoms with E-state index in [1.54, 1.807) is 30.3 Å². The number of anilines is 1. The number of carbonyl (C=O) groups is 2. The molecule has 1 aromatic heterocycles. The maximum Gasteiger partial charge on any atom is 0.266 e. The normalized spacial score (nSPS) is 19.3. The van der Waals surface area contributed by atoms with E-state index in [0.717, 1.165) is 16.5 Å². The number of pyridine rings is 1. The first-order chi connectivity index (χ1) is 16.6. The number of halogens is 4. The number of nitrogens with zero attached hydrogens (tertiary/aromatic N) is 2. The number of nitrogens with one attached hydrogen (secondary N) is 1. The number of carbonyl (C=O) groups excluding carboxylic acids is 2. The van der Waals surface area contributed by atoms with E-state index in [0.29, 0.717) is 28.1 Å². The molecule has 35 heavy (non-hydrogen) atoms. The molecule has 2 aromatic carbocycles. The summed E-state index contributed by atoms with van der Waals surface area (Å²) in [6.07, 6.45) is 2.81. The fraction of sp³-hybridized carbons (Fsp3) is 0.269. The summed E-state index contributed by atoms with van der Waals surface area (Å²) < 4.78 is 44.0. The lowest BCUT2D eigenvalue weighted by molar-refractivity contribution is -0.134. The lowest BCUT2D eigenvalue weighted by Crippen LogP contribution is -2.57. The van der Waals surface area contributed by atoms with Gasteiger partial charge in [0.1, 0.15) is 12.1 Å². The number of piperidine rings is 1. The molecule has 0 saturated carbocycles. The zero-order valence-electron chi connectivity index (χ0n) is 18.9.